The van der Waals surface area contributed by atoms with Crippen molar-refractivity contribution in [1.82, 2.24) is 9.97 Å². The zero-order valence-corrected chi connectivity index (χ0v) is 19.6. The predicted octanol–water partition coefficient (Wildman–Crippen LogP) is 5.13. The van der Waals surface area contributed by atoms with Crippen LogP contribution in [0.5, 0.6) is 0 Å². The van der Waals surface area contributed by atoms with Gasteiger partial charge in [0.1, 0.15) is 0 Å². The van der Waals surface area contributed by atoms with Gasteiger partial charge in [-0.25, -0.2) is 18.4 Å². The summed E-state index contributed by atoms with van der Waals surface area (Å²) >= 11 is 4.64. The van der Waals surface area contributed by atoms with Crippen LogP contribution in [-0.4, -0.2) is 36.3 Å². The highest BCUT2D eigenvalue weighted by molar-refractivity contribution is 8.00. The highest BCUT2D eigenvalue weighted by Crippen LogP contribution is 2.38. The fourth-order valence-electron chi connectivity index (χ4n) is 2.96. The number of hydrogen-bond acceptors (Lipinski definition) is 8. The molecule has 0 bridgehead atoms. The molecule has 0 radical (unpaired) electrons. The zero-order chi connectivity index (χ0) is 21.3. The van der Waals surface area contributed by atoms with E-state index in [1.54, 1.807) is 47.4 Å². The minimum Gasteiger partial charge on any atom is -0.302 e. The Hall–Kier alpha value is -2.01. The number of sulfone groups is 1. The molecule has 4 aromatic rings. The molecule has 2 aromatic heterocycles. The van der Waals surface area contributed by atoms with Crippen molar-refractivity contribution < 1.29 is 13.2 Å². The van der Waals surface area contributed by atoms with E-state index < -0.39 is 9.84 Å². The van der Waals surface area contributed by atoms with Gasteiger partial charge in [-0.05, 0) is 43.9 Å². The smallest absolute Gasteiger partial charge is 0.226 e. The maximum atomic E-state index is 12.4. The number of hydrogen-bond donors (Lipinski definition) is 1. The fourth-order valence-corrected chi connectivity index (χ4v) is 6.95. The topological polar surface area (TPSA) is 89.0 Å². The van der Waals surface area contributed by atoms with E-state index in [1.807, 2.05) is 25.3 Å². The number of thiazole rings is 2. The molecule has 0 aliphatic heterocycles. The van der Waals surface area contributed by atoms with Gasteiger partial charge in [0.05, 0.1) is 31.1 Å². The molecule has 0 saturated carbocycles. The van der Waals surface area contributed by atoms with Gasteiger partial charge >= 0.3 is 0 Å². The lowest BCUT2D eigenvalue weighted by Gasteiger charge is -2.05. The molecule has 10 heteroatoms. The Labute approximate surface area is 186 Å². The van der Waals surface area contributed by atoms with Gasteiger partial charge < -0.3 is 5.32 Å². The number of carbonyl (C=O) groups is 1. The Balaban J connectivity index is 1.40. The first-order chi connectivity index (χ1) is 14.4. The van der Waals surface area contributed by atoms with Crippen molar-refractivity contribution in [3.05, 3.63) is 42.0 Å². The van der Waals surface area contributed by atoms with Crippen molar-refractivity contribution >= 4 is 75.7 Å². The van der Waals surface area contributed by atoms with E-state index in [0.29, 0.717) is 5.13 Å². The summed E-state index contributed by atoms with van der Waals surface area (Å²) in [5.74, 6) is -0.305. The molecule has 0 aliphatic carbocycles. The molecule has 2 heterocycles. The van der Waals surface area contributed by atoms with Gasteiger partial charge in [-0.2, -0.15) is 0 Å². The average molecular weight is 478 g/mol. The lowest BCUT2D eigenvalue weighted by molar-refractivity contribution is -0.116. The molecule has 30 heavy (non-hydrogen) atoms. The maximum Gasteiger partial charge on any atom is 0.226 e. The number of thioether (sulfide) groups is 1. The van der Waals surface area contributed by atoms with Gasteiger partial charge in [-0.3, -0.25) is 4.79 Å². The van der Waals surface area contributed by atoms with Crippen LogP contribution in [-0.2, 0) is 14.6 Å². The summed E-state index contributed by atoms with van der Waals surface area (Å²) in [6.07, 6.45) is 2.36. The quantitative estimate of drug-likeness (QED) is 0.371. The zero-order valence-electron chi connectivity index (χ0n) is 16.3. The lowest BCUT2D eigenvalue weighted by Crippen LogP contribution is -2.14. The number of carbonyl (C=O) groups excluding carboxylic acids is 1. The van der Waals surface area contributed by atoms with E-state index >= 15 is 0 Å². The van der Waals surface area contributed by atoms with E-state index in [-0.39, 0.29) is 29.4 Å². The molecule has 0 unspecified atom stereocenters. The third kappa shape index (κ3) is 4.51. The van der Waals surface area contributed by atoms with E-state index in [4.69, 9.17) is 0 Å². The van der Waals surface area contributed by atoms with E-state index in [0.717, 1.165) is 30.3 Å². The Kier molecular flexibility index (Phi) is 6.10. The summed E-state index contributed by atoms with van der Waals surface area (Å²) in [7, 11) is -3.39. The van der Waals surface area contributed by atoms with Gasteiger partial charge in [0, 0.05) is 6.42 Å². The second-order valence-electron chi connectivity index (χ2n) is 6.75. The van der Waals surface area contributed by atoms with Crippen molar-refractivity contribution in [3.8, 4) is 0 Å². The normalized spacial score (nSPS) is 11.9. The molecule has 1 amide bonds. The van der Waals surface area contributed by atoms with Crippen LogP contribution in [0.2, 0.25) is 0 Å². The first kappa shape index (κ1) is 21.2. The molecule has 0 aliphatic rings. The van der Waals surface area contributed by atoms with Crippen molar-refractivity contribution in [2.24, 2.45) is 0 Å². The third-order valence-electron chi connectivity index (χ3n) is 4.51. The molecule has 0 fully saturated rings. The van der Waals surface area contributed by atoms with Gasteiger partial charge in [-0.1, -0.05) is 40.8 Å². The number of nitrogens with one attached hydrogen (secondary N) is 1. The van der Waals surface area contributed by atoms with E-state index in [9.17, 15) is 13.2 Å². The van der Waals surface area contributed by atoms with Crippen LogP contribution in [0, 0.1) is 6.92 Å². The van der Waals surface area contributed by atoms with Crippen LogP contribution in [0.4, 0.5) is 5.13 Å². The third-order valence-corrected chi connectivity index (χ3v) is 9.53. The minimum absolute atomic E-state index is 0.0672. The Morgan fingerprint density at radius 1 is 1.03 bits per heavy atom. The van der Waals surface area contributed by atoms with Crippen molar-refractivity contribution in [2.75, 3.05) is 17.3 Å². The molecular weight excluding hydrogens is 459 g/mol. The van der Waals surface area contributed by atoms with Gasteiger partial charge in [0.25, 0.3) is 0 Å². The second kappa shape index (κ2) is 8.62. The summed E-state index contributed by atoms with van der Waals surface area (Å²) in [4.78, 5) is 21.7. The molecule has 0 atom stereocenters. The number of fused-ring (bicyclic) bond motifs is 3. The molecule has 0 saturated heterocycles. The summed E-state index contributed by atoms with van der Waals surface area (Å²) in [6.45, 7) is 1.91. The van der Waals surface area contributed by atoms with Gasteiger partial charge in [-0.15, -0.1) is 11.3 Å². The summed E-state index contributed by atoms with van der Waals surface area (Å²) < 4.78 is 27.9. The minimum atomic E-state index is -3.39. The van der Waals surface area contributed by atoms with Crippen molar-refractivity contribution in [1.29, 1.82) is 0 Å². The monoisotopic (exact) mass is 477 g/mol. The molecule has 1 N–H and O–H groups in total. The molecule has 4 rings (SSSR count). The number of benzene rings is 2. The second-order valence-corrected chi connectivity index (χ2v) is 11.9. The van der Waals surface area contributed by atoms with Gasteiger partial charge in [0.2, 0.25) is 5.91 Å². The SMILES string of the molecule is CSc1nc2ccc3nc(NC(=O)CCCS(=O)(=O)c4ccc(C)cc4)sc3c2s1. The standard InChI is InChI=1S/C20H19N3O3S4/c1-12-5-7-13(8-6-12)30(25,26)11-3-4-16(24)23-19-21-14-9-10-15-18(17(14)28-19)29-20(22-15)27-2/h5-10H,3-4,11H2,1-2H3,(H,21,23,24). The highest BCUT2D eigenvalue weighted by atomic mass is 32.2. The average Bonchev–Trinajstić information content (AvgIpc) is 3.31. The number of aromatic nitrogens is 2. The number of rotatable bonds is 7. The van der Waals surface area contributed by atoms with Crippen LogP contribution < -0.4 is 5.32 Å². The van der Waals surface area contributed by atoms with Crippen LogP contribution >= 0.6 is 34.4 Å². The molecule has 156 valence electrons. The largest absolute Gasteiger partial charge is 0.302 e. The van der Waals surface area contributed by atoms with Crippen LogP contribution in [0.3, 0.4) is 0 Å². The summed E-state index contributed by atoms with van der Waals surface area (Å²) in [6, 6.07) is 10.6. The Morgan fingerprint density at radius 2 is 1.70 bits per heavy atom. The van der Waals surface area contributed by atoms with E-state index in [1.165, 1.54) is 11.3 Å². The molecule has 6 nitrogen and oxygen atoms in total. The number of nitrogens with zero attached hydrogens (tertiary/aromatic N) is 2. The van der Waals surface area contributed by atoms with Crippen molar-refractivity contribution in [3.63, 3.8) is 0 Å². The molecular formula is C20H19N3O3S4. The van der Waals surface area contributed by atoms with E-state index in [2.05, 4.69) is 15.3 Å². The summed E-state index contributed by atoms with van der Waals surface area (Å²) in [5, 5.41) is 3.32. The number of anilines is 1. The Bertz CT molecular complexity index is 1320. The predicted molar refractivity (Wildman–Crippen MR) is 126 cm³/mol. The number of amides is 1. The fraction of sp³-hybridized carbons (Fsp3) is 0.250. The molecule has 0 spiro atoms. The first-order valence-electron chi connectivity index (χ1n) is 9.19. The maximum absolute atomic E-state index is 12.4. The van der Waals surface area contributed by atoms with Crippen LogP contribution in [0.15, 0.2) is 45.6 Å². The summed E-state index contributed by atoms with van der Waals surface area (Å²) in [5.41, 5.74) is 2.75. The van der Waals surface area contributed by atoms with Crippen LogP contribution in [0.25, 0.3) is 20.4 Å². The van der Waals surface area contributed by atoms with Gasteiger partial charge in [0.15, 0.2) is 19.3 Å². The van der Waals surface area contributed by atoms with Crippen molar-refractivity contribution in [2.45, 2.75) is 29.0 Å². The number of aryl methyl sites for hydroxylation is 1. The Morgan fingerprint density at radius 3 is 2.40 bits per heavy atom. The lowest BCUT2D eigenvalue weighted by atomic mass is 10.2. The molecule has 2 aromatic carbocycles. The van der Waals surface area contributed by atoms with Crippen LogP contribution in [0.1, 0.15) is 18.4 Å². The highest BCUT2D eigenvalue weighted by Gasteiger charge is 2.16. The first-order valence-corrected chi connectivity index (χ1v) is 13.7.